The zero-order valence-corrected chi connectivity index (χ0v) is 10.2. The van der Waals surface area contributed by atoms with E-state index in [9.17, 15) is 18.0 Å². The number of alkyl halides is 3. The van der Waals surface area contributed by atoms with Crippen molar-refractivity contribution < 1.29 is 22.7 Å². The van der Waals surface area contributed by atoms with Gasteiger partial charge in [-0.15, -0.1) is 0 Å². The molecule has 0 aliphatic heterocycles. The molecule has 0 bridgehead atoms. The van der Waals surface area contributed by atoms with Crippen LogP contribution in [0.1, 0.15) is 6.92 Å². The van der Waals surface area contributed by atoms with Gasteiger partial charge in [0.05, 0.1) is 5.02 Å². The highest BCUT2D eigenvalue weighted by Gasteiger charge is 2.29. The van der Waals surface area contributed by atoms with E-state index in [1.807, 2.05) is 0 Å². The second-order valence-corrected chi connectivity index (χ2v) is 3.93. The number of hydrogen-bond acceptors (Lipinski definition) is 2. The molecule has 1 atom stereocenters. The molecule has 1 aromatic rings. The zero-order chi connectivity index (χ0) is 13.8. The standard InChI is InChI=1S/C11H11ClF3NO2/c1-7(10(17)16-6-11(13,14)15)18-9-5-3-2-4-8(9)12/h2-5,7H,6H2,1H3,(H,16,17). The van der Waals surface area contributed by atoms with Gasteiger partial charge in [-0.1, -0.05) is 23.7 Å². The zero-order valence-electron chi connectivity index (χ0n) is 9.42. The topological polar surface area (TPSA) is 38.3 Å². The van der Waals surface area contributed by atoms with Crippen LogP contribution in [0.25, 0.3) is 0 Å². The summed E-state index contributed by atoms with van der Waals surface area (Å²) in [7, 11) is 0. The lowest BCUT2D eigenvalue weighted by Gasteiger charge is -2.16. The third-order valence-electron chi connectivity index (χ3n) is 1.97. The Balaban J connectivity index is 2.53. The van der Waals surface area contributed by atoms with Crippen molar-refractivity contribution >= 4 is 17.5 Å². The van der Waals surface area contributed by atoms with Gasteiger partial charge < -0.3 is 10.1 Å². The average Bonchev–Trinajstić information content (AvgIpc) is 2.28. The molecule has 0 fully saturated rings. The van der Waals surface area contributed by atoms with Crippen LogP contribution in [0, 0.1) is 0 Å². The summed E-state index contributed by atoms with van der Waals surface area (Å²) in [6.45, 7) is -0.0446. The highest BCUT2D eigenvalue weighted by atomic mass is 35.5. The van der Waals surface area contributed by atoms with Crippen molar-refractivity contribution in [1.82, 2.24) is 5.32 Å². The van der Waals surface area contributed by atoms with Crippen molar-refractivity contribution in [2.75, 3.05) is 6.54 Å². The van der Waals surface area contributed by atoms with E-state index < -0.39 is 24.7 Å². The summed E-state index contributed by atoms with van der Waals surface area (Å²) in [4.78, 5) is 11.3. The highest BCUT2D eigenvalue weighted by molar-refractivity contribution is 6.32. The summed E-state index contributed by atoms with van der Waals surface area (Å²) >= 11 is 5.79. The summed E-state index contributed by atoms with van der Waals surface area (Å²) < 4.78 is 40.8. The number of carbonyl (C=O) groups is 1. The van der Waals surface area contributed by atoms with Gasteiger partial charge in [0.2, 0.25) is 0 Å². The van der Waals surface area contributed by atoms with Crippen LogP contribution in [-0.2, 0) is 4.79 Å². The number of ether oxygens (including phenoxy) is 1. The largest absolute Gasteiger partial charge is 0.479 e. The van der Waals surface area contributed by atoms with Gasteiger partial charge in [-0.2, -0.15) is 13.2 Å². The van der Waals surface area contributed by atoms with Gasteiger partial charge in [0.25, 0.3) is 5.91 Å². The lowest BCUT2D eigenvalue weighted by atomic mass is 10.3. The van der Waals surface area contributed by atoms with E-state index in [1.165, 1.54) is 13.0 Å². The molecule has 0 aromatic heterocycles. The maximum absolute atomic E-state index is 11.9. The first kappa shape index (κ1) is 14.6. The number of carbonyl (C=O) groups excluding carboxylic acids is 1. The third kappa shape index (κ3) is 4.83. The molecule has 1 unspecified atom stereocenters. The molecule has 0 radical (unpaired) electrons. The van der Waals surface area contributed by atoms with Crippen LogP contribution >= 0.6 is 11.6 Å². The normalized spacial score (nSPS) is 12.9. The van der Waals surface area contributed by atoms with E-state index in [0.29, 0.717) is 0 Å². The fraction of sp³-hybridized carbons (Fsp3) is 0.364. The van der Waals surface area contributed by atoms with Crippen molar-refractivity contribution in [3.8, 4) is 5.75 Å². The van der Waals surface area contributed by atoms with Gasteiger partial charge in [-0.3, -0.25) is 4.79 Å². The predicted octanol–water partition coefficient (Wildman–Crippen LogP) is 2.79. The molecule has 0 aliphatic carbocycles. The molecule has 100 valence electrons. The second-order valence-electron chi connectivity index (χ2n) is 3.52. The van der Waals surface area contributed by atoms with Gasteiger partial charge in [0.1, 0.15) is 12.3 Å². The van der Waals surface area contributed by atoms with Crippen LogP contribution in [0.2, 0.25) is 5.02 Å². The van der Waals surface area contributed by atoms with Gasteiger partial charge in [-0.25, -0.2) is 0 Å². The Bertz CT molecular complexity index is 423. The molecule has 1 amide bonds. The van der Waals surface area contributed by atoms with E-state index in [0.717, 1.165) is 0 Å². The van der Waals surface area contributed by atoms with Crippen LogP contribution in [0.15, 0.2) is 24.3 Å². The number of rotatable bonds is 4. The van der Waals surface area contributed by atoms with Crippen LogP contribution in [0.4, 0.5) is 13.2 Å². The van der Waals surface area contributed by atoms with Crippen LogP contribution < -0.4 is 10.1 Å². The molecule has 1 N–H and O–H groups in total. The number of hydrogen-bond donors (Lipinski definition) is 1. The maximum atomic E-state index is 11.9. The fourth-order valence-electron chi connectivity index (χ4n) is 1.12. The lowest BCUT2D eigenvalue weighted by molar-refractivity contribution is -0.142. The smallest absolute Gasteiger partial charge is 0.405 e. The minimum Gasteiger partial charge on any atom is -0.479 e. The number of amides is 1. The quantitative estimate of drug-likeness (QED) is 0.922. The molecule has 1 rings (SSSR count). The number of nitrogens with one attached hydrogen (secondary N) is 1. The Hall–Kier alpha value is -1.43. The first-order chi connectivity index (χ1) is 8.29. The first-order valence-corrected chi connectivity index (χ1v) is 5.43. The Morgan fingerprint density at radius 1 is 1.44 bits per heavy atom. The lowest BCUT2D eigenvalue weighted by Crippen LogP contribution is -2.41. The van der Waals surface area contributed by atoms with Crippen molar-refractivity contribution in [1.29, 1.82) is 0 Å². The molecule has 7 heteroatoms. The van der Waals surface area contributed by atoms with Gasteiger partial charge in [-0.05, 0) is 19.1 Å². The van der Waals surface area contributed by atoms with Crippen molar-refractivity contribution in [2.24, 2.45) is 0 Å². The fourth-order valence-corrected chi connectivity index (χ4v) is 1.30. The Kier molecular flexibility index (Phi) is 4.84. The van der Waals surface area contributed by atoms with Crippen molar-refractivity contribution in [3.63, 3.8) is 0 Å². The molecule has 18 heavy (non-hydrogen) atoms. The molecular formula is C11H11ClF3NO2. The second kappa shape index (κ2) is 5.95. The van der Waals surface area contributed by atoms with E-state index in [-0.39, 0.29) is 10.8 Å². The monoisotopic (exact) mass is 281 g/mol. The van der Waals surface area contributed by atoms with E-state index in [1.54, 1.807) is 23.5 Å². The van der Waals surface area contributed by atoms with Crippen LogP contribution in [0.5, 0.6) is 5.75 Å². The molecule has 1 aromatic carbocycles. The molecule has 0 saturated carbocycles. The summed E-state index contributed by atoms with van der Waals surface area (Å²) in [6, 6.07) is 6.39. The maximum Gasteiger partial charge on any atom is 0.405 e. The molecule has 0 heterocycles. The molecular weight excluding hydrogens is 271 g/mol. The minimum atomic E-state index is -4.44. The van der Waals surface area contributed by atoms with Crippen molar-refractivity contribution in [2.45, 2.75) is 19.2 Å². The number of benzene rings is 1. The predicted molar refractivity (Wildman–Crippen MR) is 60.6 cm³/mol. The summed E-state index contributed by atoms with van der Waals surface area (Å²) in [5, 5.41) is 2.02. The Morgan fingerprint density at radius 3 is 2.61 bits per heavy atom. The Labute approximate surface area is 107 Å². The average molecular weight is 282 g/mol. The van der Waals surface area contributed by atoms with E-state index in [4.69, 9.17) is 16.3 Å². The van der Waals surface area contributed by atoms with E-state index >= 15 is 0 Å². The first-order valence-electron chi connectivity index (χ1n) is 5.05. The third-order valence-corrected chi connectivity index (χ3v) is 2.28. The number of para-hydroxylation sites is 1. The molecule has 0 saturated heterocycles. The molecule has 0 aliphatic rings. The molecule has 3 nitrogen and oxygen atoms in total. The van der Waals surface area contributed by atoms with Crippen molar-refractivity contribution in [3.05, 3.63) is 29.3 Å². The van der Waals surface area contributed by atoms with Gasteiger partial charge >= 0.3 is 6.18 Å². The van der Waals surface area contributed by atoms with Crippen LogP contribution in [-0.4, -0.2) is 24.7 Å². The number of halogens is 4. The molecule has 0 spiro atoms. The SMILES string of the molecule is CC(Oc1ccccc1Cl)C(=O)NCC(F)(F)F. The Morgan fingerprint density at radius 2 is 2.06 bits per heavy atom. The summed E-state index contributed by atoms with van der Waals surface area (Å²) in [5.41, 5.74) is 0. The van der Waals surface area contributed by atoms with Gasteiger partial charge in [0, 0.05) is 0 Å². The minimum absolute atomic E-state index is 0.244. The summed E-state index contributed by atoms with van der Waals surface area (Å²) in [6.07, 6.45) is -5.51. The highest BCUT2D eigenvalue weighted by Crippen LogP contribution is 2.24. The van der Waals surface area contributed by atoms with Gasteiger partial charge in [0.15, 0.2) is 6.10 Å². The van der Waals surface area contributed by atoms with Crippen LogP contribution in [0.3, 0.4) is 0 Å². The van der Waals surface area contributed by atoms with E-state index in [2.05, 4.69) is 0 Å². The summed E-state index contributed by atoms with van der Waals surface area (Å²) in [5.74, 6) is -0.610.